The summed E-state index contributed by atoms with van der Waals surface area (Å²) in [6, 6.07) is 17.3. The summed E-state index contributed by atoms with van der Waals surface area (Å²) in [7, 11) is 0. The highest BCUT2D eigenvalue weighted by atomic mass is 35.5. The molecule has 0 radical (unpaired) electrons. The third kappa shape index (κ3) is 3.74. The fourth-order valence-electron chi connectivity index (χ4n) is 1.96. The van der Waals surface area contributed by atoms with E-state index in [1.165, 1.54) is 0 Å². The molecule has 1 unspecified atom stereocenters. The van der Waals surface area contributed by atoms with Gasteiger partial charge in [0.1, 0.15) is 0 Å². The molecule has 3 nitrogen and oxygen atoms in total. The first-order chi connectivity index (χ1) is 9.70. The molecule has 0 saturated heterocycles. The van der Waals surface area contributed by atoms with Gasteiger partial charge < -0.3 is 11.1 Å². The summed E-state index contributed by atoms with van der Waals surface area (Å²) in [4.78, 5) is 0. The van der Waals surface area contributed by atoms with E-state index in [2.05, 4.69) is 11.4 Å². The third-order valence-electron chi connectivity index (χ3n) is 3.10. The van der Waals surface area contributed by atoms with Crippen LogP contribution in [0.5, 0.6) is 0 Å². The monoisotopic (exact) mass is 285 g/mol. The standard InChI is InChI=1S/C16H16ClN3/c17-14-10-12(11-18)6-7-16(14)20-9-8-15(19)13-4-2-1-3-5-13/h1-7,10,15,20H,8-9,19H2. The van der Waals surface area contributed by atoms with Crippen LogP contribution >= 0.6 is 11.6 Å². The Labute approximate surface area is 124 Å². The molecule has 2 rings (SSSR count). The maximum atomic E-state index is 8.78. The molecule has 4 heteroatoms. The molecular formula is C16H16ClN3. The molecule has 0 amide bonds. The summed E-state index contributed by atoms with van der Waals surface area (Å²) in [6.45, 7) is 0.724. The SMILES string of the molecule is N#Cc1ccc(NCCC(N)c2ccccc2)c(Cl)c1. The molecule has 0 aromatic heterocycles. The van der Waals surface area contributed by atoms with Crippen LogP contribution in [0.4, 0.5) is 5.69 Å². The number of rotatable bonds is 5. The van der Waals surface area contributed by atoms with Crippen LogP contribution in [0.25, 0.3) is 0 Å². The lowest BCUT2D eigenvalue weighted by Crippen LogP contribution is -2.15. The van der Waals surface area contributed by atoms with Crippen molar-refractivity contribution in [3.05, 3.63) is 64.7 Å². The highest BCUT2D eigenvalue weighted by molar-refractivity contribution is 6.33. The van der Waals surface area contributed by atoms with Crippen molar-refractivity contribution in [3.8, 4) is 6.07 Å². The van der Waals surface area contributed by atoms with Gasteiger partial charge in [-0.2, -0.15) is 5.26 Å². The summed E-state index contributed by atoms with van der Waals surface area (Å²) in [5, 5.41) is 12.6. The van der Waals surface area contributed by atoms with Crippen LogP contribution in [-0.4, -0.2) is 6.54 Å². The summed E-state index contributed by atoms with van der Waals surface area (Å²) < 4.78 is 0. The third-order valence-corrected chi connectivity index (χ3v) is 3.41. The topological polar surface area (TPSA) is 61.8 Å². The molecule has 0 bridgehead atoms. The predicted molar refractivity (Wildman–Crippen MR) is 82.6 cm³/mol. The van der Waals surface area contributed by atoms with Gasteiger partial charge in [0.15, 0.2) is 0 Å². The van der Waals surface area contributed by atoms with E-state index < -0.39 is 0 Å². The number of halogens is 1. The molecule has 0 aliphatic heterocycles. The van der Waals surface area contributed by atoms with Gasteiger partial charge in [0.25, 0.3) is 0 Å². The Bertz CT molecular complexity index is 605. The average Bonchev–Trinajstić information content (AvgIpc) is 2.49. The van der Waals surface area contributed by atoms with Crippen LogP contribution in [0.3, 0.4) is 0 Å². The first-order valence-electron chi connectivity index (χ1n) is 6.45. The van der Waals surface area contributed by atoms with Crippen molar-refractivity contribution >= 4 is 17.3 Å². The van der Waals surface area contributed by atoms with E-state index in [-0.39, 0.29) is 6.04 Å². The molecule has 3 N–H and O–H groups in total. The van der Waals surface area contributed by atoms with Gasteiger partial charge in [-0.1, -0.05) is 41.9 Å². The Hall–Kier alpha value is -2.02. The fourth-order valence-corrected chi connectivity index (χ4v) is 2.20. The maximum Gasteiger partial charge on any atom is 0.0992 e. The smallest absolute Gasteiger partial charge is 0.0992 e. The van der Waals surface area contributed by atoms with Gasteiger partial charge in [-0.3, -0.25) is 0 Å². The summed E-state index contributed by atoms with van der Waals surface area (Å²) >= 11 is 6.10. The van der Waals surface area contributed by atoms with Gasteiger partial charge in [-0.25, -0.2) is 0 Å². The molecular weight excluding hydrogens is 270 g/mol. The summed E-state index contributed by atoms with van der Waals surface area (Å²) in [5.41, 5.74) is 8.63. The number of nitrogens with one attached hydrogen (secondary N) is 1. The molecule has 20 heavy (non-hydrogen) atoms. The largest absolute Gasteiger partial charge is 0.384 e. The zero-order valence-electron chi connectivity index (χ0n) is 11.0. The molecule has 0 saturated carbocycles. The molecule has 0 aliphatic rings. The lowest BCUT2D eigenvalue weighted by atomic mass is 10.1. The number of nitrogens with zero attached hydrogens (tertiary/aromatic N) is 1. The van der Waals surface area contributed by atoms with Crippen molar-refractivity contribution in [3.63, 3.8) is 0 Å². The zero-order chi connectivity index (χ0) is 14.4. The molecule has 0 fully saturated rings. The Morgan fingerprint density at radius 1 is 1.20 bits per heavy atom. The van der Waals surface area contributed by atoms with E-state index in [1.54, 1.807) is 12.1 Å². The Morgan fingerprint density at radius 2 is 1.95 bits per heavy atom. The fraction of sp³-hybridized carbons (Fsp3) is 0.188. The predicted octanol–water partition coefficient (Wildman–Crippen LogP) is 3.71. The second-order valence-electron chi connectivity index (χ2n) is 4.54. The van der Waals surface area contributed by atoms with E-state index >= 15 is 0 Å². The molecule has 2 aromatic carbocycles. The highest BCUT2D eigenvalue weighted by Crippen LogP contribution is 2.23. The van der Waals surface area contributed by atoms with E-state index in [0.29, 0.717) is 10.6 Å². The Kier molecular flexibility index (Phi) is 5.00. The molecule has 0 heterocycles. The molecule has 2 aromatic rings. The Morgan fingerprint density at radius 3 is 2.60 bits per heavy atom. The maximum absolute atomic E-state index is 8.78. The molecule has 0 aliphatic carbocycles. The van der Waals surface area contributed by atoms with Gasteiger partial charge in [0.05, 0.1) is 22.3 Å². The van der Waals surface area contributed by atoms with Crippen molar-refractivity contribution < 1.29 is 0 Å². The number of hydrogen-bond donors (Lipinski definition) is 2. The second kappa shape index (κ2) is 6.95. The van der Waals surface area contributed by atoms with Gasteiger partial charge in [0.2, 0.25) is 0 Å². The van der Waals surface area contributed by atoms with E-state index in [4.69, 9.17) is 22.6 Å². The van der Waals surface area contributed by atoms with Crippen molar-refractivity contribution in [2.45, 2.75) is 12.5 Å². The Balaban J connectivity index is 1.89. The van der Waals surface area contributed by atoms with Crippen molar-refractivity contribution in [1.82, 2.24) is 0 Å². The second-order valence-corrected chi connectivity index (χ2v) is 4.95. The van der Waals surface area contributed by atoms with E-state index in [1.807, 2.05) is 36.4 Å². The number of anilines is 1. The van der Waals surface area contributed by atoms with Crippen molar-refractivity contribution in [2.24, 2.45) is 5.73 Å². The van der Waals surface area contributed by atoms with Crippen LogP contribution in [0.1, 0.15) is 23.6 Å². The zero-order valence-corrected chi connectivity index (χ0v) is 11.8. The van der Waals surface area contributed by atoms with E-state index in [9.17, 15) is 0 Å². The van der Waals surface area contributed by atoms with Gasteiger partial charge in [0, 0.05) is 12.6 Å². The van der Waals surface area contributed by atoms with Gasteiger partial charge >= 0.3 is 0 Å². The number of benzene rings is 2. The minimum absolute atomic E-state index is 0.000794. The normalized spacial score (nSPS) is 11.7. The van der Waals surface area contributed by atoms with Crippen LogP contribution in [-0.2, 0) is 0 Å². The quantitative estimate of drug-likeness (QED) is 0.880. The minimum atomic E-state index is 0.000794. The van der Waals surface area contributed by atoms with Crippen LogP contribution in [0.2, 0.25) is 5.02 Å². The van der Waals surface area contributed by atoms with Crippen molar-refractivity contribution in [1.29, 1.82) is 5.26 Å². The van der Waals surface area contributed by atoms with Crippen molar-refractivity contribution in [2.75, 3.05) is 11.9 Å². The number of nitrogens with two attached hydrogens (primary N) is 1. The minimum Gasteiger partial charge on any atom is -0.384 e. The number of nitriles is 1. The van der Waals surface area contributed by atoms with Crippen LogP contribution in [0, 0.1) is 11.3 Å². The first-order valence-corrected chi connectivity index (χ1v) is 6.82. The van der Waals surface area contributed by atoms with Crippen LogP contribution in [0.15, 0.2) is 48.5 Å². The molecule has 102 valence electrons. The lowest BCUT2D eigenvalue weighted by Gasteiger charge is -2.14. The molecule has 1 atom stereocenters. The lowest BCUT2D eigenvalue weighted by molar-refractivity contribution is 0.675. The highest BCUT2D eigenvalue weighted by Gasteiger charge is 2.06. The average molecular weight is 286 g/mol. The summed E-state index contributed by atoms with van der Waals surface area (Å²) in [6.07, 6.45) is 0.806. The first kappa shape index (κ1) is 14.4. The molecule has 0 spiro atoms. The van der Waals surface area contributed by atoms with Crippen LogP contribution < -0.4 is 11.1 Å². The summed E-state index contributed by atoms with van der Waals surface area (Å²) in [5.74, 6) is 0. The number of hydrogen-bond acceptors (Lipinski definition) is 3. The van der Waals surface area contributed by atoms with Gasteiger partial charge in [-0.05, 0) is 30.2 Å². The van der Waals surface area contributed by atoms with Gasteiger partial charge in [-0.15, -0.1) is 0 Å². The van der Waals surface area contributed by atoms with E-state index in [0.717, 1.165) is 24.2 Å².